The third-order valence-corrected chi connectivity index (χ3v) is 6.22. The van der Waals surface area contributed by atoms with Crippen molar-refractivity contribution in [2.24, 2.45) is 0 Å². The van der Waals surface area contributed by atoms with Crippen molar-refractivity contribution in [2.45, 2.75) is 11.3 Å². The smallest absolute Gasteiger partial charge is 0.264 e. The first-order chi connectivity index (χ1) is 13.7. The minimum Gasteiger partial charge on any atom is -0.326 e. The Kier molecular flexibility index (Phi) is 6.42. The number of benzene rings is 3. The SMILES string of the molecule is O=C(Cc1ccc(F)cc1)Nc1ccc(NS(=O)(=O)c2c(Cl)cccc2Cl)cc1. The largest absolute Gasteiger partial charge is 0.326 e. The molecule has 2 N–H and O–H groups in total. The van der Waals surface area contributed by atoms with Gasteiger partial charge in [-0.2, -0.15) is 0 Å². The highest BCUT2D eigenvalue weighted by atomic mass is 35.5. The van der Waals surface area contributed by atoms with Crippen molar-refractivity contribution in [3.63, 3.8) is 0 Å². The summed E-state index contributed by atoms with van der Waals surface area (Å²) in [7, 11) is -3.99. The molecule has 0 radical (unpaired) electrons. The summed E-state index contributed by atoms with van der Waals surface area (Å²) in [5, 5.41) is 2.71. The fourth-order valence-electron chi connectivity index (χ4n) is 2.56. The van der Waals surface area contributed by atoms with Gasteiger partial charge in [0.25, 0.3) is 10.0 Å². The van der Waals surface area contributed by atoms with Crippen LogP contribution in [0.4, 0.5) is 15.8 Å². The average molecular weight is 453 g/mol. The zero-order valence-corrected chi connectivity index (χ0v) is 17.2. The molecule has 9 heteroatoms. The second-order valence-electron chi connectivity index (χ2n) is 6.09. The quantitative estimate of drug-likeness (QED) is 0.545. The van der Waals surface area contributed by atoms with Crippen LogP contribution in [0.15, 0.2) is 71.6 Å². The molecule has 0 fully saturated rings. The summed E-state index contributed by atoms with van der Waals surface area (Å²) in [5.41, 5.74) is 1.43. The predicted molar refractivity (Wildman–Crippen MR) is 112 cm³/mol. The highest BCUT2D eigenvalue weighted by molar-refractivity contribution is 7.93. The zero-order valence-electron chi connectivity index (χ0n) is 14.8. The third kappa shape index (κ3) is 5.47. The second-order valence-corrected chi connectivity index (χ2v) is 8.52. The lowest BCUT2D eigenvalue weighted by atomic mass is 10.1. The topological polar surface area (TPSA) is 75.3 Å². The van der Waals surface area contributed by atoms with Crippen molar-refractivity contribution in [2.75, 3.05) is 10.0 Å². The van der Waals surface area contributed by atoms with Crippen LogP contribution >= 0.6 is 23.2 Å². The molecule has 0 saturated carbocycles. The van der Waals surface area contributed by atoms with E-state index in [2.05, 4.69) is 10.0 Å². The first-order valence-corrected chi connectivity index (χ1v) is 10.6. The van der Waals surface area contributed by atoms with E-state index in [0.717, 1.165) is 0 Å². The number of carbonyl (C=O) groups is 1. The molecule has 5 nitrogen and oxygen atoms in total. The molecule has 3 aromatic carbocycles. The van der Waals surface area contributed by atoms with Crippen LogP contribution in [0, 0.1) is 5.82 Å². The van der Waals surface area contributed by atoms with Gasteiger partial charge in [0.1, 0.15) is 10.7 Å². The van der Waals surface area contributed by atoms with Gasteiger partial charge in [0.2, 0.25) is 5.91 Å². The van der Waals surface area contributed by atoms with E-state index in [0.29, 0.717) is 11.3 Å². The number of hydrogen-bond acceptors (Lipinski definition) is 3. The minimum atomic E-state index is -3.99. The Morgan fingerprint density at radius 1 is 0.862 bits per heavy atom. The maximum absolute atomic E-state index is 12.9. The Bertz CT molecular complexity index is 1120. The molecule has 150 valence electrons. The number of amides is 1. The first-order valence-electron chi connectivity index (χ1n) is 8.36. The molecular weight excluding hydrogens is 438 g/mol. The van der Waals surface area contributed by atoms with Crippen LogP contribution in [-0.2, 0) is 21.2 Å². The van der Waals surface area contributed by atoms with Crippen LogP contribution < -0.4 is 10.0 Å². The van der Waals surface area contributed by atoms with E-state index < -0.39 is 10.0 Å². The normalized spacial score (nSPS) is 11.1. The van der Waals surface area contributed by atoms with Crippen molar-refractivity contribution in [3.8, 4) is 0 Å². The maximum atomic E-state index is 12.9. The van der Waals surface area contributed by atoms with Crippen LogP contribution in [-0.4, -0.2) is 14.3 Å². The van der Waals surface area contributed by atoms with E-state index in [1.807, 2.05) is 0 Å². The van der Waals surface area contributed by atoms with Gasteiger partial charge in [-0.3, -0.25) is 9.52 Å². The van der Waals surface area contributed by atoms with Crippen molar-refractivity contribution in [3.05, 3.63) is 88.2 Å². The number of hydrogen-bond donors (Lipinski definition) is 2. The van der Waals surface area contributed by atoms with Crippen molar-refractivity contribution < 1.29 is 17.6 Å². The molecule has 0 bridgehead atoms. The summed E-state index contributed by atoms with van der Waals surface area (Å²) >= 11 is 11.9. The van der Waals surface area contributed by atoms with Gasteiger partial charge in [-0.05, 0) is 54.1 Å². The van der Waals surface area contributed by atoms with Gasteiger partial charge in [-0.25, -0.2) is 12.8 Å². The number of anilines is 2. The fraction of sp³-hybridized carbons (Fsp3) is 0.0500. The molecule has 0 atom stereocenters. The summed E-state index contributed by atoms with van der Waals surface area (Å²) < 4.78 is 40.4. The van der Waals surface area contributed by atoms with Gasteiger partial charge in [0.15, 0.2) is 0 Å². The molecule has 0 heterocycles. The van der Waals surface area contributed by atoms with Crippen LogP contribution in [0.3, 0.4) is 0 Å². The summed E-state index contributed by atoms with van der Waals surface area (Å²) in [6, 6.07) is 16.1. The highest BCUT2D eigenvalue weighted by Crippen LogP contribution is 2.30. The number of carbonyl (C=O) groups excluding carboxylic acids is 1. The zero-order chi connectivity index (χ0) is 21.0. The first kappa shape index (κ1) is 21.1. The van der Waals surface area contributed by atoms with Crippen LogP contribution in [0.1, 0.15) is 5.56 Å². The molecule has 0 aliphatic rings. The van der Waals surface area contributed by atoms with E-state index in [9.17, 15) is 17.6 Å². The molecule has 3 aromatic rings. The van der Waals surface area contributed by atoms with Gasteiger partial charge in [-0.1, -0.05) is 41.4 Å². The Morgan fingerprint density at radius 3 is 2.00 bits per heavy atom. The van der Waals surface area contributed by atoms with Gasteiger partial charge in [-0.15, -0.1) is 0 Å². The number of sulfonamides is 1. The van der Waals surface area contributed by atoms with Gasteiger partial charge >= 0.3 is 0 Å². The number of nitrogens with one attached hydrogen (secondary N) is 2. The monoisotopic (exact) mass is 452 g/mol. The Labute approximate surface area is 177 Å². The summed E-state index contributed by atoms with van der Waals surface area (Å²) in [5.74, 6) is -0.655. The van der Waals surface area contributed by atoms with Crippen LogP contribution in [0.25, 0.3) is 0 Å². The molecule has 0 aromatic heterocycles. The molecule has 0 saturated heterocycles. The molecular formula is C20H15Cl2FN2O3S. The molecule has 1 amide bonds. The van der Waals surface area contributed by atoms with E-state index in [1.54, 1.807) is 18.2 Å². The molecule has 29 heavy (non-hydrogen) atoms. The fourth-order valence-corrected chi connectivity index (χ4v) is 4.76. The molecule has 0 aliphatic heterocycles. The van der Waals surface area contributed by atoms with Gasteiger partial charge in [0.05, 0.1) is 16.5 Å². The van der Waals surface area contributed by atoms with Crippen molar-refractivity contribution in [1.82, 2.24) is 0 Å². The highest BCUT2D eigenvalue weighted by Gasteiger charge is 2.21. The van der Waals surface area contributed by atoms with Crippen molar-refractivity contribution in [1.29, 1.82) is 0 Å². The molecule has 0 spiro atoms. The minimum absolute atomic E-state index is 0.00896. The predicted octanol–water partition coefficient (Wildman–Crippen LogP) is 5.11. The van der Waals surface area contributed by atoms with E-state index >= 15 is 0 Å². The Morgan fingerprint density at radius 2 is 1.41 bits per heavy atom. The summed E-state index contributed by atoms with van der Waals surface area (Å²) in [6.45, 7) is 0. The summed E-state index contributed by atoms with van der Waals surface area (Å²) in [6.07, 6.45) is 0.0830. The maximum Gasteiger partial charge on any atom is 0.264 e. The van der Waals surface area contributed by atoms with E-state index in [4.69, 9.17) is 23.2 Å². The van der Waals surface area contributed by atoms with Crippen LogP contribution in [0.5, 0.6) is 0 Å². The standard InChI is InChI=1S/C20H15Cl2FN2O3S/c21-17-2-1-3-18(22)20(17)29(27,28)25-16-10-8-15(9-11-16)24-19(26)12-13-4-6-14(23)7-5-13/h1-11,25H,12H2,(H,24,26). The molecule has 3 rings (SSSR count). The molecule has 0 aliphatic carbocycles. The average Bonchev–Trinajstić information content (AvgIpc) is 2.64. The van der Waals surface area contributed by atoms with Gasteiger partial charge < -0.3 is 5.32 Å². The van der Waals surface area contributed by atoms with Crippen LogP contribution in [0.2, 0.25) is 10.0 Å². The lowest BCUT2D eigenvalue weighted by Crippen LogP contribution is -2.15. The van der Waals surface area contributed by atoms with Crippen molar-refractivity contribution >= 4 is 50.5 Å². The van der Waals surface area contributed by atoms with E-state index in [1.165, 1.54) is 48.5 Å². The third-order valence-electron chi connectivity index (χ3n) is 3.89. The summed E-state index contributed by atoms with van der Waals surface area (Å²) in [4.78, 5) is 11.9. The molecule has 0 unspecified atom stereocenters. The van der Waals surface area contributed by atoms with E-state index in [-0.39, 0.29) is 38.8 Å². The second kappa shape index (κ2) is 8.82. The Balaban J connectivity index is 1.67. The lowest BCUT2D eigenvalue weighted by molar-refractivity contribution is -0.115. The van der Waals surface area contributed by atoms with Gasteiger partial charge in [0, 0.05) is 11.4 Å². The number of rotatable bonds is 6. The number of halogens is 3. The Hall–Kier alpha value is -2.61. The lowest BCUT2D eigenvalue weighted by Gasteiger charge is -2.12.